The average molecular weight is 548 g/mol. The third-order valence-electron chi connectivity index (χ3n) is 6.90. The molecule has 208 valence electrons. The Kier molecular flexibility index (Phi) is 7.86. The Morgan fingerprint density at radius 2 is 1.67 bits per heavy atom. The van der Waals surface area contributed by atoms with Crippen molar-refractivity contribution in [2.75, 3.05) is 6.54 Å². The second-order valence-corrected chi connectivity index (χ2v) is 9.74. The predicted octanol–water partition coefficient (Wildman–Crippen LogP) is 1.99. The van der Waals surface area contributed by atoms with Gasteiger partial charge in [-0.1, -0.05) is 10.4 Å². The molecule has 3 aromatic heterocycles. The SMILES string of the molecule is O=C(NCc1cc(C(F)(F)F)ccn1)c1cn(CCCCn2cc(C(=O)NCC3CC4CCC3O4)nn2)nn1. The Morgan fingerprint density at radius 1 is 1.00 bits per heavy atom. The molecular formula is C24H28F3N9O3. The van der Waals surface area contributed by atoms with Crippen LogP contribution in [0.3, 0.4) is 0 Å². The highest BCUT2D eigenvalue weighted by atomic mass is 19.4. The number of aryl methyl sites for hydroxylation is 2. The van der Waals surface area contributed by atoms with E-state index in [0.29, 0.717) is 38.1 Å². The molecule has 5 rings (SSSR count). The minimum Gasteiger partial charge on any atom is -0.375 e. The van der Waals surface area contributed by atoms with Gasteiger partial charge in [-0.15, -0.1) is 10.2 Å². The Hall–Kier alpha value is -3.88. The van der Waals surface area contributed by atoms with Crippen LogP contribution in [0, 0.1) is 5.92 Å². The molecule has 2 saturated heterocycles. The zero-order chi connectivity index (χ0) is 27.4. The number of nitrogens with zero attached hydrogens (tertiary/aromatic N) is 7. The highest BCUT2D eigenvalue weighted by Crippen LogP contribution is 2.38. The summed E-state index contributed by atoms with van der Waals surface area (Å²) < 4.78 is 47.4. The molecule has 39 heavy (non-hydrogen) atoms. The summed E-state index contributed by atoms with van der Waals surface area (Å²) in [6.45, 7) is 1.44. The van der Waals surface area contributed by atoms with Crippen LogP contribution in [0.15, 0.2) is 30.7 Å². The number of aromatic nitrogens is 7. The number of pyridine rings is 1. The van der Waals surface area contributed by atoms with Crippen LogP contribution >= 0.6 is 0 Å². The zero-order valence-corrected chi connectivity index (χ0v) is 21.0. The van der Waals surface area contributed by atoms with Crippen molar-refractivity contribution in [3.05, 3.63) is 53.4 Å². The molecule has 0 radical (unpaired) electrons. The summed E-state index contributed by atoms with van der Waals surface area (Å²) in [5, 5.41) is 21.2. The van der Waals surface area contributed by atoms with Gasteiger partial charge < -0.3 is 15.4 Å². The first-order valence-corrected chi connectivity index (χ1v) is 12.8. The molecular weight excluding hydrogens is 519 g/mol. The molecule has 3 atom stereocenters. The van der Waals surface area contributed by atoms with Gasteiger partial charge in [-0.05, 0) is 44.2 Å². The topological polar surface area (TPSA) is 142 Å². The fourth-order valence-electron chi connectivity index (χ4n) is 4.86. The standard InChI is InChI=1S/C24H28F3N9O3/c25-24(26,27)16-5-6-28-17(10-16)12-30-23(38)20-14-36(34-32-20)8-2-1-7-35-13-19(31-33-35)22(37)29-11-15-9-18-3-4-21(15)39-18/h5-6,10,13-15,18,21H,1-4,7-9,11-12H2,(H,29,37)(H,30,38). The number of rotatable bonds is 11. The smallest absolute Gasteiger partial charge is 0.375 e. The number of halogens is 3. The van der Waals surface area contributed by atoms with Crippen molar-refractivity contribution in [2.45, 2.75) is 70.1 Å². The Bertz CT molecular complexity index is 1310. The third-order valence-corrected chi connectivity index (χ3v) is 6.90. The summed E-state index contributed by atoms with van der Waals surface area (Å²) in [6, 6.07) is 1.75. The van der Waals surface area contributed by atoms with Crippen molar-refractivity contribution in [3.63, 3.8) is 0 Å². The maximum atomic E-state index is 12.8. The van der Waals surface area contributed by atoms with Crippen LogP contribution in [-0.4, -0.2) is 65.5 Å². The molecule has 5 heterocycles. The van der Waals surface area contributed by atoms with Crippen molar-refractivity contribution >= 4 is 11.8 Å². The summed E-state index contributed by atoms with van der Waals surface area (Å²) in [7, 11) is 0. The van der Waals surface area contributed by atoms with Gasteiger partial charge in [-0.25, -0.2) is 0 Å². The molecule has 2 bridgehead atoms. The second-order valence-electron chi connectivity index (χ2n) is 9.74. The molecule has 0 aromatic carbocycles. The van der Waals surface area contributed by atoms with Gasteiger partial charge in [0.25, 0.3) is 11.8 Å². The van der Waals surface area contributed by atoms with Crippen molar-refractivity contribution in [1.29, 1.82) is 0 Å². The van der Waals surface area contributed by atoms with Gasteiger partial charge in [0.2, 0.25) is 0 Å². The lowest BCUT2D eigenvalue weighted by Gasteiger charge is -2.18. The van der Waals surface area contributed by atoms with E-state index in [-0.39, 0.29) is 35.6 Å². The molecule has 3 unspecified atom stereocenters. The number of unbranched alkanes of at least 4 members (excludes halogenated alkanes) is 1. The summed E-state index contributed by atoms with van der Waals surface area (Å²) in [4.78, 5) is 28.6. The van der Waals surface area contributed by atoms with Crippen LogP contribution in [0.4, 0.5) is 13.2 Å². The molecule has 15 heteroatoms. The number of ether oxygens (including phenoxy) is 1. The van der Waals surface area contributed by atoms with E-state index < -0.39 is 17.6 Å². The van der Waals surface area contributed by atoms with Gasteiger partial charge in [0.1, 0.15) is 0 Å². The summed E-state index contributed by atoms with van der Waals surface area (Å²) in [5.41, 5.74) is -0.439. The van der Waals surface area contributed by atoms with Crippen LogP contribution in [0.2, 0.25) is 0 Å². The fraction of sp³-hybridized carbons (Fsp3) is 0.542. The van der Waals surface area contributed by atoms with Crippen LogP contribution in [0.5, 0.6) is 0 Å². The van der Waals surface area contributed by atoms with Crippen LogP contribution < -0.4 is 10.6 Å². The highest BCUT2D eigenvalue weighted by Gasteiger charge is 2.40. The van der Waals surface area contributed by atoms with Gasteiger partial charge in [0.15, 0.2) is 11.4 Å². The van der Waals surface area contributed by atoms with E-state index in [9.17, 15) is 22.8 Å². The minimum absolute atomic E-state index is 0.0471. The molecule has 2 N–H and O–H groups in total. The van der Waals surface area contributed by atoms with Gasteiger partial charge in [-0.2, -0.15) is 13.2 Å². The molecule has 0 saturated carbocycles. The van der Waals surface area contributed by atoms with E-state index in [2.05, 4.69) is 36.2 Å². The minimum atomic E-state index is -4.49. The number of nitrogens with one attached hydrogen (secondary N) is 2. The molecule has 2 aliphatic heterocycles. The van der Waals surface area contributed by atoms with Crippen molar-refractivity contribution in [2.24, 2.45) is 5.92 Å². The van der Waals surface area contributed by atoms with E-state index in [0.717, 1.165) is 44.0 Å². The first-order chi connectivity index (χ1) is 18.7. The summed E-state index contributed by atoms with van der Waals surface area (Å²) in [6.07, 6.45) is 4.82. The lowest BCUT2D eigenvalue weighted by Crippen LogP contribution is -2.33. The van der Waals surface area contributed by atoms with Crippen LogP contribution in [0.1, 0.15) is 64.3 Å². The van der Waals surface area contributed by atoms with E-state index in [1.165, 1.54) is 10.9 Å². The quantitative estimate of drug-likeness (QED) is 0.347. The molecule has 2 fully saturated rings. The first kappa shape index (κ1) is 26.7. The van der Waals surface area contributed by atoms with Crippen LogP contribution in [-0.2, 0) is 30.5 Å². The molecule has 0 spiro atoms. The maximum absolute atomic E-state index is 12.8. The molecule has 2 aliphatic rings. The van der Waals surface area contributed by atoms with Crippen LogP contribution in [0.25, 0.3) is 0 Å². The van der Waals surface area contributed by atoms with Gasteiger partial charge in [0.05, 0.1) is 42.4 Å². The molecule has 12 nitrogen and oxygen atoms in total. The van der Waals surface area contributed by atoms with E-state index >= 15 is 0 Å². The Labute approximate surface area is 221 Å². The monoisotopic (exact) mass is 547 g/mol. The Morgan fingerprint density at radius 3 is 2.26 bits per heavy atom. The van der Waals surface area contributed by atoms with Crippen molar-refractivity contribution < 1.29 is 27.5 Å². The van der Waals surface area contributed by atoms with Gasteiger partial charge in [-0.3, -0.25) is 23.9 Å². The number of hydrogen-bond donors (Lipinski definition) is 2. The fourth-order valence-corrected chi connectivity index (χ4v) is 4.86. The zero-order valence-electron chi connectivity index (χ0n) is 21.0. The van der Waals surface area contributed by atoms with Crippen molar-refractivity contribution in [1.82, 2.24) is 45.6 Å². The molecule has 2 amide bonds. The van der Waals surface area contributed by atoms with E-state index in [1.807, 2.05) is 0 Å². The first-order valence-electron chi connectivity index (χ1n) is 12.8. The predicted molar refractivity (Wildman–Crippen MR) is 128 cm³/mol. The number of hydrogen-bond acceptors (Lipinski definition) is 8. The number of carbonyl (C=O) groups excluding carboxylic acids is 2. The maximum Gasteiger partial charge on any atom is 0.416 e. The molecule has 0 aliphatic carbocycles. The summed E-state index contributed by atoms with van der Waals surface area (Å²) in [5.74, 6) is -0.457. The largest absolute Gasteiger partial charge is 0.416 e. The number of amides is 2. The number of alkyl halides is 3. The van der Waals surface area contributed by atoms with Crippen molar-refractivity contribution in [3.8, 4) is 0 Å². The lowest BCUT2D eigenvalue weighted by atomic mass is 9.89. The highest BCUT2D eigenvalue weighted by molar-refractivity contribution is 5.92. The number of fused-ring (bicyclic) bond motifs is 2. The van der Waals surface area contributed by atoms with Gasteiger partial charge in [0, 0.05) is 31.7 Å². The summed E-state index contributed by atoms with van der Waals surface area (Å²) >= 11 is 0. The van der Waals surface area contributed by atoms with Gasteiger partial charge >= 0.3 is 6.18 Å². The third kappa shape index (κ3) is 6.77. The molecule has 3 aromatic rings. The number of carbonyl (C=O) groups is 2. The average Bonchev–Trinajstić information content (AvgIpc) is 3.73. The Balaban J connectivity index is 1.01. The van der Waals surface area contributed by atoms with E-state index in [4.69, 9.17) is 4.74 Å². The normalized spacial score (nSPS) is 20.3. The lowest BCUT2D eigenvalue weighted by molar-refractivity contribution is -0.137. The second kappa shape index (κ2) is 11.5. The van der Waals surface area contributed by atoms with E-state index in [1.54, 1.807) is 10.9 Å².